The van der Waals surface area contributed by atoms with Crippen molar-refractivity contribution in [2.24, 2.45) is 5.92 Å². The van der Waals surface area contributed by atoms with Crippen LogP contribution in [0.1, 0.15) is 24.1 Å². The number of aromatic amines is 1. The van der Waals surface area contributed by atoms with Gasteiger partial charge in [-0.3, -0.25) is 4.79 Å². The van der Waals surface area contributed by atoms with Crippen molar-refractivity contribution in [2.75, 3.05) is 0 Å². The fourth-order valence-corrected chi connectivity index (χ4v) is 1.32. The Bertz CT molecular complexity index is 380. The second-order valence-corrected chi connectivity index (χ2v) is 3.62. The first-order valence-electron chi connectivity index (χ1n) is 4.45. The average molecular weight is 180 g/mol. The zero-order valence-electron chi connectivity index (χ0n) is 7.50. The molecule has 4 nitrogen and oxygen atoms in total. The van der Waals surface area contributed by atoms with Crippen LogP contribution in [-0.4, -0.2) is 15.3 Å². The molecule has 0 amide bonds. The molecule has 0 unspecified atom stereocenters. The SMILES string of the molecule is Cc1c(O)c(CC2CC2)n[nH]c1=O. The maximum absolute atomic E-state index is 11.0. The second-order valence-electron chi connectivity index (χ2n) is 3.62. The fourth-order valence-electron chi connectivity index (χ4n) is 1.32. The Kier molecular flexibility index (Phi) is 1.83. The van der Waals surface area contributed by atoms with Gasteiger partial charge in [0.25, 0.3) is 5.56 Å². The molecule has 1 fully saturated rings. The molecule has 0 aromatic carbocycles. The van der Waals surface area contributed by atoms with E-state index in [0.717, 1.165) is 6.42 Å². The highest BCUT2D eigenvalue weighted by Crippen LogP contribution is 2.34. The molecule has 1 aliphatic rings. The number of aromatic nitrogens is 2. The van der Waals surface area contributed by atoms with Crippen molar-refractivity contribution in [1.29, 1.82) is 0 Å². The molecule has 13 heavy (non-hydrogen) atoms. The Labute approximate surface area is 75.6 Å². The molecule has 0 aliphatic heterocycles. The monoisotopic (exact) mass is 180 g/mol. The number of rotatable bonds is 2. The molecule has 1 heterocycles. The summed E-state index contributed by atoms with van der Waals surface area (Å²) in [5.74, 6) is 0.722. The zero-order valence-corrected chi connectivity index (χ0v) is 7.50. The first-order chi connectivity index (χ1) is 6.18. The quantitative estimate of drug-likeness (QED) is 0.705. The van der Waals surface area contributed by atoms with Gasteiger partial charge in [-0.05, 0) is 32.1 Å². The van der Waals surface area contributed by atoms with Crippen LogP contribution >= 0.6 is 0 Å². The molecule has 0 spiro atoms. The van der Waals surface area contributed by atoms with Gasteiger partial charge in [0.2, 0.25) is 0 Å². The predicted octanol–water partition coefficient (Wildman–Crippen LogP) is 0.736. The summed E-state index contributed by atoms with van der Waals surface area (Å²) in [5, 5.41) is 15.8. The van der Waals surface area contributed by atoms with E-state index in [2.05, 4.69) is 10.2 Å². The predicted molar refractivity (Wildman–Crippen MR) is 47.7 cm³/mol. The largest absolute Gasteiger partial charge is 0.505 e. The lowest BCUT2D eigenvalue weighted by Gasteiger charge is -2.03. The van der Waals surface area contributed by atoms with E-state index in [1.165, 1.54) is 12.8 Å². The summed E-state index contributed by atoms with van der Waals surface area (Å²) in [4.78, 5) is 11.0. The zero-order chi connectivity index (χ0) is 9.42. The standard InChI is InChI=1S/C9H12N2O2/c1-5-8(12)7(4-6-2-3-6)10-11-9(5)13/h6H,2-4H2,1H3,(H2,11,12,13). The van der Waals surface area contributed by atoms with Crippen LogP contribution in [0.3, 0.4) is 0 Å². The lowest BCUT2D eigenvalue weighted by atomic mass is 10.1. The van der Waals surface area contributed by atoms with E-state index < -0.39 is 0 Å². The molecule has 2 rings (SSSR count). The summed E-state index contributed by atoms with van der Waals surface area (Å²) in [6.07, 6.45) is 3.20. The first kappa shape index (κ1) is 8.29. The van der Waals surface area contributed by atoms with E-state index in [0.29, 0.717) is 17.2 Å². The summed E-state index contributed by atoms with van der Waals surface area (Å²) in [7, 11) is 0. The molecular formula is C9H12N2O2. The smallest absolute Gasteiger partial charge is 0.270 e. The molecule has 0 atom stereocenters. The molecule has 0 saturated heterocycles. The van der Waals surface area contributed by atoms with Gasteiger partial charge in [0.15, 0.2) is 0 Å². The number of aromatic hydroxyl groups is 1. The molecule has 1 saturated carbocycles. The van der Waals surface area contributed by atoms with Crippen molar-refractivity contribution in [1.82, 2.24) is 10.2 Å². The Balaban J connectivity index is 2.34. The van der Waals surface area contributed by atoms with Gasteiger partial charge in [0.05, 0.1) is 5.56 Å². The summed E-state index contributed by atoms with van der Waals surface area (Å²) in [5.41, 5.74) is 0.683. The van der Waals surface area contributed by atoms with Crippen molar-refractivity contribution in [3.63, 3.8) is 0 Å². The van der Waals surface area contributed by atoms with Crippen LogP contribution in [0.15, 0.2) is 4.79 Å². The van der Waals surface area contributed by atoms with Crippen LogP contribution in [0.4, 0.5) is 0 Å². The van der Waals surface area contributed by atoms with Crippen LogP contribution in [0.5, 0.6) is 5.75 Å². The van der Waals surface area contributed by atoms with E-state index in [9.17, 15) is 9.90 Å². The number of nitrogens with one attached hydrogen (secondary N) is 1. The van der Waals surface area contributed by atoms with Crippen LogP contribution in [0, 0.1) is 12.8 Å². The van der Waals surface area contributed by atoms with Crippen LogP contribution in [0.2, 0.25) is 0 Å². The molecule has 1 aliphatic carbocycles. The van der Waals surface area contributed by atoms with Gasteiger partial charge >= 0.3 is 0 Å². The number of nitrogens with zero attached hydrogens (tertiary/aromatic N) is 1. The molecule has 0 bridgehead atoms. The minimum absolute atomic E-state index is 0.0654. The molecule has 4 heteroatoms. The van der Waals surface area contributed by atoms with Crippen LogP contribution in [0.25, 0.3) is 0 Å². The number of hydrogen-bond acceptors (Lipinski definition) is 3. The van der Waals surface area contributed by atoms with E-state index in [4.69, 9.17) is 0 Å². The fraction of sp³-hybridized carbons (Fsp3) is 0.556. The van der Waals surface area contributed by atoms with Gasteiger partial charge < -0.3 is 5.11 Å². The van der Waals surface area contributed by atoms with E-state index in [-0.39, 0.29) is 11.3 Å². The topological polar surface area (TPSA) is 66.0 Å². The third kappa shape index (κ3) is 1.56. The van der Waals surface area contributed by atoms with Crippen LogP contribution < -0.4 is 5.56 Å². The van der Waals surface area contributed by atoms with Crippen molar-refractivity contribution in [3.05, 3.63) is 21.6 Å². The van der Waals surface area contributed by atoms with Crippen molar-refractivity contribution in [2.45, 2.75) is 26.2 Å². The van der Waals surface area contributed by atoms with Gasteiger partial charge in [-0.15, -0.1) is 0 Å². The second kappa shape index (κ2) is 2.87. The third-order valence-electron chi connectivity index (χ3n) is 2.44. The molecular weight excluding hydrogens is 168 g/mol. The molecule has 1 aromatic rings. The van der Waals surface area contributed by atoms with Gasteiger partial charge in [0.1, 0.15) is 11.4 Å². The lowest BCUT2D eigenvalue weighted by molar-refractivity contribution is 0.452. The van der Waals surface area contributed by atoms with Crippen molar-refractivity contribution >= 4 is 0 Å². The van der Waals surface area contributed by atoms with Gasteiger partial charge in [0, 0.05) is 0 Å². The minimum atomic E-state index is -0.308. The molecule has 1 aromatic heterocycles. The van der Waals surface area contributed by atoms with Gasteiger partial charge in [-0.1, -0.05) is 0 Å². The summed E-state index contributed by atoms with van der Waals surface area (Å²) in [6.45, 7) is 1.60. The molecule has 0 radical (unpaired) electrons. The average Bonchev–Trinajstić information content (AvgIpc) is 2.90. The highest BCUT2D eigenvalue weighted by Gasteiger charge is 2.24. The third-order valence-corrected chi connectivity index (χ3v) is 2.44. The highest BCUT2D eigenvalue weighted by molar-refractivity contribution is 5.32. The Morgan fingerprint density at radius 3 is 2.92 bits per heavy atom. The number of hydrogen-bond donors (Lipinski definition) is 2. The van der Waals surface area contributed by atoms with Gasteiger partial charge in [-0.25, -0.2) is 5.10 Å². The maximum atomic E-state index is 11.0. The van der Waals surface area contributed by atoms with E-state index in [1.807, 2.05) is 0 Å². The number of H-pyrrole nitrogens is 1. The van der Waals surface area contributed by atoms with Crippen molar-refractivity contribution < 1.29 is 5.11 Å². The Hall–Kier alpha value is -1.32. The van der Waals surface area contributed by atoms with Crippen molar-refractivity contribution in [3.8, 4) is 5.75 Å². The minimum Gasteiger partial charge on any atom is -0.505 e. The summed E-state index contributed by atoms with van der Waals surface area (Å²) in [6, 6.07) is 0. The summed E-state index contributed by atoms with van der Waals surface area (Å²) < 4.78 is 0. The lowest BCUT2D eigenvalue weighted by Crippen LogP contribution is -2.13. The van der Waals surface area contributed by atoms with Gasteiger partial charge in [-0.2, -0.15) is 5.10 Å². The highest BCUT2D eigenvalue weighted by atomic mass is 16.3. The van der Waals surface area contributed by atoms with E-state index in [1.54, 1.807) is 6.92 Å². The molecule has 2 N–H and O–H groups in total. The normalized spacial score (nSPS) is 16.1. The Morgan fingerprint density at radius 2 is 2.31 bits per heavy atom. The van der Waals surface area contributed by atoms with Crippen LogP contribution in [-0.2, 0) is 6.42 Å². The molecule has 70 valence electrons. The maximum Gasteiger partial charge on any atom is 0.270 e. The Morgan fingerprint density at radius 1 is 1.62 bits per heavy atom. The summed E-state index contributed by atoms with van der Waals surface area (Å²) >= 11 is 0. The van der Waals surface area contributed by atoms with E-state index >= 15 is 0 Å². The first-order valence-corrected chi connectivity index (χ1v) is 4.45.